The predicted molar refractivity (Wildman–Crippen MR) is 192 cm³/mol. The summed E-state index contributed by atoms with van der Waals surface area (Å²) in [6.07, 6.45) is 0. The Morgan fingerprint density at radius 2 is 1.09 bits per heavy atom. The van der Waals surface area contributed by atoms with Crippen molar-refractivity contribution in [3.63, 3.8) is 0 Å². The van der Waals surface area contributed by atoms with Crippen molar-refractivity contribution in [2.75, 3.05) is 0 Å². The van der Waals surface area contributed by atoms with Crippen LogP contribution in [0.15, 0.2) is 162 Å². The summed E-state index contributed by atoms with van der Waals surface area (Å²) >= 11 is 0. The third kappa shape index (κ3) is 3.50. The van der Waals surface area contributed by atoms with Gasteiger partial charge < -0.3 is 4.42 Å². The summed E-state index contributed by atoms with van der Waals surface area (Å²) in [6.45, 7) is 0. The van der Waals surface area contributed by atoms with Crippen LogP contribution in [0.4, 0.5) is 0 Å². The molecule has 0 aliphatic rings. The van der Waals surface area contributed by atoms with Crippen LogP contribution in [0.2, 0.25) is 0 Å². The Morgan fingerprint density at radius 1 is 0.400 bits per heavy atom. The zero-order chi connectivity index (χ0) is 37.3. The van der Waals surface area contributed by atoms with Crippen molar-refractivity contribution in [1.29, 1.82) is 0 Å². The van der Waals surface area contributed by atoms with Crippen molar-refractivity contribution in [3.8, 4) is 22.3 Å². The maximum atomic E-state index is 9.36. The number of hydrogen-bond donors (Lipinski definition) is 0. The van der Waals surface area contributed by atoms with Crippen LogP contribution < -0.4 is 0 Å². The lowest BCUT2D eigenvalue weighted by Crippen LogP contribution is -1.91. The fourth-order valence-electron chi connectivity index (χ4n) is 7.04. The fourth-order valence-corrected chi connectivity index (χ4v) is 7.04. The number of fused-ring (bicyclic) bond motifs is 10. The van der Waals surface area contributed by atoms with E-state index in [4.69, 9.17) is 14.0 Å². The van der Waals surface area contributed by atoms with Crippen molar-refractivity contribution in [2.45, 2.75) is 0 Å². The molecule has 9 aromatic carbocycles. The van der Waals surface area contributed by atoms with Crippen LogP contribution in [0.3, 0.4) is 0 Å². The first-order chi connectivity index (χ1) is 26.1. The van der Waals surface area contributed by atoms with Gasteiger partial charge in [-0.3, -0.25) is 0 Å². The Labute approximate surface area is 272 Å². The van der Waals surface area contributed by atoms with Crippen LogP contribution in [0.5, 0.6) is 0 Å². The Balaban J connectivity index is 1.35. The summed E-state index contributed by atoms with van der Waals surface area (Å²) in [5.41, 5.74) is 4.05. The molecule has 0 aliphatic heterocycles. The maximum absolute atomic E-state index is 9.36. The Kier molecular flexibility index (Phi) is 3.59. The molecule has 10 rings (SSSR count). The van der Waals surface area contributed by atoms with Gasteiger partial charge in [0.25, 0.3) is 0 Å². The van der Waals surface area contributed by atoms with E-state index in [9.17, 15) is 2.74 Å². The third-order valence-electron chi connectivity index (χ3n) is 8.96. The molecular weight excluding hydrogens is 544 g/mol. The second kappa shape index (κ2) is 9.29. The molecular formula is C44H26O. The van der Waals surface area contributed by atoms with Gasteiger partial charge in [0.2, 0.25) is 0 Å². The number of furan rings is 1. The van der Waals surface area contributed by atoms with Crippen LogP contribution in [0, 0.1) is 0 Å². The van der Waals surface area contributed by atoms with Crippen LogP contribution in [0.25, 0.3) is 98.1 Å². The number of hydrogen-bond acceptors (Lipinski definition) is 1. The largest absolute Gasteiger partial charge is 0.456 e. The van der Waals surface area contributed by atoms with Crippen molar-refractivity contribution in [2.24, 2.45) is 0 Å². The average Bonchev–Trinajstić information content (AvgIpc) is 3.57. The van der Waals surface area contributed by atoms with Gasteiger partial charge in [-0.05, 0) is 94.3 Å². The van der Waals surface area contributed by atoms with Gasteiger partial charge in [0.15, 0.2) is 0 Å². The lowest BCUT2D eigenvalue weighted by atomic mass is 9.84. The fraction of sp³-hybridized carbons (Fsp3) is 0. The van der Waals surface area contributed by atoms with Gasteiger partial charge in [-0.15, -0.1) is 0 Å². The van der Waals surface area contributed by atoms with Gasteiger partial charge in [0, 0.05) is 10.8 Å². The van der Waals surface area contributed by atoms with Gasteiger partial charge in [-0.2, -0.15) is 0 Å². The molecule has 1 nitrogen and oxygen atoms in total. The molecule has 1 heteroatoms. The van der Waals surface area contributed by atoms with Crippen molar-refractivity contribution >= 4 is 75.8 Å². The van der Waals surface area contributed by atoms with Gasteiger partial charge in [-0.25, -0.2) is 0 Å². The molecule has 0 amide bonds. The first-order valence-electron chi connectivity index (χ1n) is 19.3. The number of rotatable bonds is 2. The van der Waals surface area contributed by atoms with E-state index in [0.29, 0.717) is 5.56 Å². The lowest BCUT2D eigenvalue weighted by Gasteiger charge is -2.19. The smallest absolute Gasteiger partial charge is 0.136 e. The summed E-state index contributed by atoms with van der Waals surface area (Å²) in [5, 5.41) is 7.09. The highest BCUT2D eigenvalue weighted by Gasteiger charge is 2.19. The Morgan fingerprint density at radius 3 is 1.89 bits per heavy atom. The average molecular weight is 580 g/mol. The molecule has 208 valence electrons. The summed E-state index contributed by atoms with van der Waals surface area (Å²) < 4.78 is 86.4. The summed E-state index contributed by atoms with van der Waals surface area (Å²) in [5.74, 6) is 0. The molecule has 10 aromatic rings. The molecule has 0 bridgehead atoms. The molecule has 45 heavy (non-hydrogen) atoms. The van der Waals surface area contributed by atoms with E-state index >= 15 is 0 Å². The minimum atomic E-state index is -0.545. The second-order valence-corrected chi connectivity index (χ2v) is 11.3. The van der Waals surface area contributed by atoms with E-state index in [0.717, 1.165) is 65.4 Å². The molecule has 0 radical (unpaired) electrons. The van der Waals surface area contributed by atoms with Crippen LogP contribution in [-0.4, -0.2) is 0 Å². The molecule has 0 saturated carbocycles. The van der Waals surface area contributed by atoms with Crippen LogP contribution >= 0.6 is 0 Å². The summed E-state index contributed by atoms with van der Waals surface area (Å²) in [7, 11) is 0. The highest BCUT2D eigenvalue weighted by atomic mass is 16.3. The second-order valence-electron chi connectivity index (χ2n) is 11.3. The quantitative estimate of drug-likeness (QED) is 0.147. The van der Waals surface area contributed by atoms with E-state index in [1.165, 1.54) is 0 Å². The lowest BCUT2D eigenvalue weighted by molar-refractivity contribution is 0.669. The monoisotopic (exact) mass is 579 g/mol. The highest BCUT2D eigenvalue weighted by molar-refractivity contribution is 6.25. The Hall–Kier alpha value is -5.92. The molecule has 0 aliphatic carbocycles. The Bertz CT molecular complexity index is 3270. The van der Waals surface area contributed by atoms with Gasteiger partial charge in [0.1, 0.15) is 11.2 Å². The van der Waals surface area contributed by atoms with E-state index in [-0.39, 0.29) is 39.2 Å². The molecule has 0 unspecified atom stereocenters. The SMILES string of the molecule is [2H]c1c([2H])c([2H])c2c(c1[2H])c([2H])c([2H])c1c(-c3c4ccccc4c(-c4ccc5c(c4)oc4ccc6ccccc6c45)c4ccccc34)c([2H])c([2H])c([2H])c12. The van der Waals surface area contributed by atoms with Gasteiger partial charge >= 0.3 is 0 Å². The first-order valence-corrected chi connectivity index (χ1v) is 14.8. The topological polar surface area (TPSA) is 13.1 Å². The molecule has 0 saturated heterocycles. The number of benzene rings is 9. The van der Waals surface area contributed by atoms with E-state index in [2.05, 4.69) is 30.3 Å². The summed E-state index contributed by atoms with van der Waals surface area (Å²) in [4.78, 5) is 0. The van der Waals surface area contributed by atoms with Crippen molar-refractivity contribution in [1.82, 2.24) is 0 Å². The van der Waals surface area contributed by atoms with Crippen LogP contribution in [-0.2, 0) is 0 Å². The molecule has 1 heterocycles. The molecule has 0 N–H and O–H groups in total. The van der Waals surface area contributed by atoms with E-state index in [1.807, 2.05) is 72.8 Å². The minimum absolute atomic E-state index is 0.0301. The molecule has 0 spiro atoms. The first kappa shape index (κ1) is 17.4. The van der Waals surface area contributed by atoms with Gasteiger partial charge in [-0.1, -0.05) is 139 Å². The van der Waals surface area contributed by atoms with E-state index in [1.54, 1.807) is 0 Å². The van der Waals surface area contributed by atoms with Gasteiger partial charge in [0.05, 0.1) is 12.3 Å². The van der Waals surface area contributed by atoms with E-state index < -0.39 is 42.3 Å². The molecule has 1 aromatic heterocycles. The normalized spacial score (nSPS) is 14.8. The maximum Gasteiger partial charge on any atom is 0.136 e. The predicted octanol–water partition coefficient (Wildman–Crippen LogP) is 12.7. The standard InChI is InChI=1S/C44H26O/c1-3-12-30-27(10-1)20-23-33-32(30)18-9-19-34(33)43-37-16-7-5-14-35(37)42(36-15-6-8-17-38(36)43)29-21-24-39-41(26-29)45-40-25-22-28-11-2-4-13-31(28)44(39)40/h1-26H/i1D,3D,9D,10D,12D,18D,19D,20D,23D. The third-order valence-corrected chi connectivity index (χ3v) is 8.96. The zero-order valence-electron chi connectivity index (χ0n) is 32.7. The highest BCUT2D eigenvalue weighted by Crippen LogP contribution is 2.46. The minimum Gasteiger partial charge on any atom is -0.456 e. The van der Waals surface area contributed by atoms with Crippen molar-refractivity contribution in [3.05, 3.63) is 158 Å². The summed E-state index contributed by atoms with van der Waals surface area (Å²) in [6, 6.07) is 30.0. The van der Waals surface area contributed by atoms with Crippen LogP contribution in [0.1, 0.15) is 12.3 Å². The molecule has 0 fully saturated rings. The zero-order valence-corrected chi connectivity index (χ0v) is 23.7. The molecule has 0 atom stereocenters. The van der Waals surface area contributed by atoms with Crippen molar-refractivity contribution < 1.29 is 16.8 Å².